The molecule has 2 N–H and O–H groups in total. The Balaban J connectivity index is 1.80. The fourth-order valence-electron chi connectivity index (χ4n) is 7.11. The number of aliphatic hydroxyl groups excluding tert-OH is 1. The number of nitrogens with zero attached hydrogens (tertiary/aromatic N) is 1. The predicted molar refractivity (Wildman–Crippen MR) is 168 cm³/mol. The van der Waals surface area contributed by atoms with Gasteiger partial charge in [0.05, 0.1) is 24.9 Å². The second kappa shape index (κ2) is 14.7. The predicted octanol–water partition coefficient (Wildman–Crippen LogP) is 6.45. The number of ketones is 1. The highest BCUT2D eigenvalue weighted by molar-refractivity contribution is 6.10. The van der Waals surface area contributed by atoms with Crippen molar-refractivity contribution in [1.29, 1.82) is 0 Å². The average molecular weight is 592 g/mol. The first kappa shape index (κ1) is 32.9. The molecule has 0 aliphatic heterocycles. The van der Waals surface area contributed by atoms with E-state index in [2.05, 4.69) is 19.9 Å². The zero-order valence-corrected chi connectivity index (χ0v) is 26.3. The third-order valence-electron chi connectivity index (χ3n) is 9.71. The minimum atomic E-state index is -1.20. The van der Waals surface area contributed by atoms with E-state index in [0.717, 1.165) is 24.0 Å². The zero-order chi connectivity index (χ0) is 31.0. The number of fused-ring (bicyclic) bond motifs is 8. The molecule has 7 nitrogen and oxygen atoms in total. The number of methoxy groups -OCH3 is 1. The van der Waals surface area contributed by atoms with Gasteiger partial charge >= 0.3 is 6.09 Å². The van der Waals surface area contributed by atoms with Crippen LogP contribution in [0.4, 0.5) is 4.79 Å². The quantitative estimate of drug-likeness (QED) is 0.198. The molecule has 43 heavy (non-hydrogen) atoms. The van der Waals surface area contributed by atoms with E-state index >= 15 is 0 Å². The Hall–Kier alpha value is -3.00. The van der Waals surface area contributed by atoms with Gasteiger partial charge in [0, 0.05) is 36.8 Å². The van der Waals surface area contributed by atoms with Crippen LogP contribution in [0.3, 0.4) is 0 Å². The minimum absolute atomic E-state index is 0.0553. The topological polar surface area (TPSA) is 96.3 Å². The number of benzene rings is 2. The lowest BCUT2D eigenvalue weighted by Gasteiger charge is -2.46. The molecule has 7 heteroatoms. The van der Waals surface area contributed by atoms with Gasteiger partial charge in [0.15, 0.2) is 5.78 Å². The summed E-state index contributed by atoms with van der Waals surface area (Å²) in [5, 5.41) is 23.4. The van der Waals surface area contributed by atoms with Crippen molar-refractivity contribution in [3.05, 3.63) is 82.4 Å². The SMILES string of the molecule is CCOC(=O)N(CCCOC)CC1(O)CCC2c3ccc(cc3C(=O)c3ccccc3)CC(O)CCC(C)=CCCC21C. The van der Waals surface area contributed by atoms with E-state index in [1.165, 1.54) is 5.57 Å². The monoisotopic (exact) mass is 591 g/mol. The largest absolute Gasteiger partial charge is 0.450 e. The Kier molecular flexibility index (Phi) is 11.2. The number of ether oxygens (including phenoxy) is 2. The van der Waals surface area contributed by atoms with Crippen LogP contribution in [0, 0.1) is 5.41 Å². The van der Waals surface area contributed by atoms with Gasteiger partial charge in [-0.25, -0.2) is 4.79 Å². The number of carbonyl (C=O) groups is 2. The number of amides is 1. The molecule has 2 aromatic carbocycles. The summed E-state index contributed by atoms with van der Waals surface area (Å²) in [5.41, 5.74) is 2.48. The number of allylic oxidation sites excluding steroid dienone is 2. The lowest BCUT2D eigenvalue weighted by atomic mass is 9.64. The molecule has 0 heterocycles. The summed E-state index contributed by atoms with van der Waals surface area (Å²) < 4.78 is 10.6. The highest BCUT2D eigenvalue weighted by atomic mass is 16.6. The van der Waals surface area contributed by atoms with Crippen molar-refractivity contribution in [2.24, 2.45) is 5.41 Å². The van der Waals surface area contributed by atoms with Crippen molar-refractivity contribution in [3.63, 3.8) is 0 Å². The fourth-order valence-corrected chi connectivity index (χ4v) is 7.11. The smallest absolute Gasteiger partial charge is 0.409 e. The van der Waals surface area contributed by atoms with Crippen molar-refractivity contribution in [2.45, 2.75) is 89.8 Å². The molecule has 2 aromatic rings. The minimum Gasteiger partial charge on any atom is -0.450 e. The third-order valence-corrected chi connectivity index (χ3v) is 9.71. The van der Waals surface area contributed by atoms with Gasteiger partial charge in [-0.3, -0.25) is 4.79 Å². The van der Waals surface area contributed by atoms with Crippen LogP contribution in [-0.2, 0) is 15.9 Å². The highest BCUT2D eigenvalue weighted by Gasteiger charge is 2.57. The molecular formula is C36H49NO6. The molecule has 1 amide bonds. The fraction of sp³-hybridized carbons (Fsp3) is 0.556. The molecule has 4 atom stereocenters. The van der Waals surface area contributed by atoms with Gasteiger partial charge in [-0.2, -0.15) is 0 Å². The van der Waals surface area contributed by atoms with Crippen LogP contribution >= 0.6 is 0 Å². The molecule has 2 bridgehead atoms. The molecule has 0 radical (unpaired) electrons. The number of carbonyl (C=O) groups excluding carboxylic acids is 2. The highest BCUT2D eigenvalue weighted by Crippen LogP contribution is 2.59. The number of hydrogen-bond acceptors (Lipinski definition) is 6. The molecule has 234 valence electrons. The maximum Gasteiger partial charge on any atom is 0.409 e. The van der Waals surface area contributed by atoms with Crippen LogP contribution in [0.1, 0.15) is 98.7 Å². The summed E-state index contributed by atoms with van der Waals surface area (Å²) in [6.45, 7) is 7.35. The van der Waals surface area contributed by atoms with Crippen LogP contribution in [0.2, 0.25) is 0 Å². The van der Waals surface area contributed by atoms with Gasteiger partial charge in [-0.05, 0) is 88.3 Å². The van der Waals surface area contributed by atoms with Crippen LogP contribution in [-0.4, -0.2) is 72.1 Å². The summed E-state index contributed by atoms with van der Waals surface area (Å²) in [4.78, 5) is 28.7. The Morgan fingerprint density at radius 1 is 1.09 bits per heavy atom. The van der Waals surface area contributed by atoms with E-state index < -0.39 is 23.2 Å². The maximum absolute atomic E-state index is 14.0. The Morgan fingerprint density at radius 2 is 1.86 bits per heavy atom. The molecule has 1 fully saturated rings. The lowest BCUT2D eigenvalue weighted by Crippen LogP contribution is -2.54. The van der Waals surface area contributed by atoms with Crippen LogP contribution in [0.5, 0.6) is 0 Å². The number of hydrogen-bond donors (Lipinski definition) is 2. The number of rotatable bonds is 9. The molecule has 4 unspecified atom stereocenters. The van der Waals surface area contributed by atoms with Gasteiger partial charge in [0.1, 0.15) is 0 Å². The molecule has 0 spiro atoms. The van der Waals surface area contributed by atoms with Gasteiger partial charge < -0.3 is 24.6 Å². The molecule has 0 saturated heterocycles. The van der Waals surface area contributed by atoms with Gasteiger partial charge in [-0.1, -0.05) is 61.0 Å². The maximum atomic E-state index is 14.0. The first-order chi connectivity index (χ1) is 20.6. The van der Waals surface area contributed by atoms with Crippen molar-refractivity contribution in [3.8, 4) is 0 Å². The average Bonchev–Trinajstić information content (AvgIpc) is 3.25. The van der Waals surface area contributed by atoms with Crippen molar-refractivity contribution < 1.29 is 29.3 Å². The second-order valence-corrected chi connectivity index (χ2v) is 12.6. The Labute approximate surface area is 256 Å². The Morgan fingerprint density at radius 3 is 2.58 bits per heavy atom. The van der Waals surface area contributed by atoms with Gasteiger partial charge in [-0.15, -0.1) is 0 Å². The molecule has 0 aromatic heterocycles. The van der Waals surface area contributed by atoms with Gasteiger partial charge in [0.2, 0.25) is 0 Å². The first-order valence-electron chi connectivity index (χ1n) is 15.8. The molecule has 5 rings (SSSR count). The van der Waals surface area contributed by atoms with E-state index in [1.54, 1.807) is 18.9 Å². The third kappa shape index (κ3) is 7.57. The van der Waals surface area contributed by atoms with Crippen LogP contribution in [0.25, 0.3) is 0 Å². The van der Waals surface area contributed by atoms with E-state index in [9.17, 15) is 19.8 Å². The van der Waals surface area contributed by atoms with E-state index in [0.29, 0.717) is 62.8 Å². The molecule has 3 aliphatic carbocycles. The van der Waals surface area contributed by atoms with Crippen LogP contribution < -0.4 is 0 Å². The summed E-state index contributed by atoms with van der Waals surface area (Å²) in [6.07, 6.45) is 6.45. The molecular weight excluding hydrogens is 542 g/mol. The lowest BCUT2D eigenvalue weighted by molar-refractivity contribution is -0.0814. The van der Waals surface area contributed by atoms with Crippen molar-refractivity contribution >= 4 is 11.9 Å². The van der Waals surface area contributed by atoms with Crippen LogP contribution in [0.15, 0.2) is 60.2 Å². The normalized spacial score (nSPS) is 25.9. The Bertz CT molecular complexity index is 1280. The summed E-state index contributed by atoms with van der Waals surface area (Å²) in [7, 11) is 1.63. The van der Waals surface area contributed by atoms with Crippen molar-refractivity contribution in [1.82, 2.24) is 4.90 Å². The number of aliphatic hydroxyl groups is 2. The first-order valence-corrected chi connectivity index (χ1v) is 15.8. The summed E-state index contributed by atoms with van der Waals surface area (Å²) in [5.74, 6) is -0.168. The van der Waals surface area contributed by atoms with Crippen molar-refractivity contribution in [2.75, 3.05) is 33.4 Å². The van der Waals surface area contributed by atoms with E-state index in [1.807, 2.05) is 48.5 Å². The summed E-state index contributed by atoms with van der Waals surface area (Å²) >= 11 is 0. The molecule has 3 aliphatic rings. The standard InChI is InChI=1S/C36H49NO6/c1-5-43-34(40)37(21-10-22-42-4)25-36(41)20-18-32-30-17-15-27(24-31(30)33(39)28-12-7-6-8-13-28)23-29(38)16-14-26(2)11-9-19-35(32,36)3/h6-8,11-13,15,17,24,29,32,38,41H,5,9-10,14,16,18-23,25H2,1-4H3. The molecule has 1 saturated carbocycles. The second-order valence-electron chi connectivity index (χ2n) is 12.6. The van der Waals surface area contributed by atoms with Gasteiger partial charge in [0.25, 0.3) is 0 Å². The van der Waals surface area contributed by atoms with E-state index in [-0.39, 0.29) is 24.9 Å². The van der Waals surface area contributed by atoms with E-state index in [4.69, 9.17) is 9.47 Å². The zero-order valence-electron chi connectivity index (χ0n) is 26.3. The summed E-state index contributed by atoms with van der Waals surface area (Å²) in [6, 6.07) is 15.3.